The molecular weight excluding hydrogens is 805 g/mol. The summed E-state index contributed by atoms with van der Waals surface area (Å²) in [6, 6.07) is 17.8. The van der Waals surface area contributed by atoms with Gasteiger partial charge in [0.2, 0.25) is 0 Å². The van der Waals surface area contributed by atoms with Crippen LogP contribution in [-0.2, 0) is 30.4 Å². The quantitative estimate of drug-likeness (QED) is 0.0555. The molecule has 1 heterocycles. The molecule has 19 nitrogen and oxygen atoms in total. The number of aryl methyl sites for hydroxylation is 2. The van der Waals surface area contributed by atoms with E-state index in [2.05, 4.69) is 42.1 Å². The third-order valence-electron chi connectivity index (χ3n) is 8.13. The van der Waals surface area contributed by atoms with Crippen LogP contribution in [0, 0.1) is 32.1 Å². The summed E-state index contributed by atoms with van der Waals surface area (Å²) in [5, 5.41) is 33.5. The fourth-order valence-corrected chi connectivity index (χ4v) is 6.90. The Labute approximate surface area is 327 Å². The van der Waals surface area contributed by atoms with Crippen LogP contribution in [0.15, 0.2) is 108 Å². The highest BCUT2D eigenvalue weighted by atomic mass is 32.2. The molecule has 0 spiro atoms. The SMILES string of the molecule is COc1cc(S(=O)(=O)O)c(C)cc1N=Nc1cc(OC)c(N=Nc2c(Nc3ccc(S(=O)(=O)O)cc3)nc(Nc3ccc(S(=O)(=O)O)cc3)c(C#N)c2C)cc1C. The number of pyridine rings is 1. The molecule has 0 amide bonds. The van der Waals surface area contributed by atoms with E-state index < -0.39 is 30.4 Å². The normalized spacial score (nSPS) is 12.1. The van der Waals surface area contributed by atoms with Gasteiger partial charge in [0.15, 0.2) is 11.6 Å². The number of hydrogen-bond donors (Lipinski definition) is 5. The van der Waals surface area contributed by atoms with Gasteiger partial charge < -0.3 is 20.1 Å². The van der Waals surface area contributed by atoms with Gasteiger partial charge in [0.1, 0.15) is 39.5 Å². The van der Waals surface area contributed by atoms with Crippen molar-refractivity contribution in [1.82, 2.24) is 4.98 Å². The minimum Gasteiger partial charge on any atom is -0.494 e. The first-order chi connectivity index (χ1) is 26.7. The van der Waals surface area contributed by atoms with E-state index in [1.807, 2.05) is 0 Å². The van der Waals surface area contributed by atoms with Gasteiger partial charge in [-0.15, -0.1) is 15.3 Å². The van der Waals surface area contributed by atoms with E-state index in [1.165, 1.54) is 57.5 Å². The fourth-order valence-electron chi connectivity index (χ4n) is 5.22. The summed E-state index contributed by atoms with van der Waals surface area (Å²) in [5.41, 5.74) is 2.53. The summed E-state index contributed by atoms with van der Waals surface area (Å²) in [6.45, 7) is 4.77. The first kappa shape index (κ1) is 41.8. The fraction of sp³-hybridized carbons (Fsp3) is 0.143. The molecule has 5 rings (SSSR count). The van der Waals surface area contributed by atoms with Gasteiger partial charge in [-0.05, 0) is 92.6 Å². The number of nitrogens with zero attached hydrogens (tertiary/aromatic N) is 6. The van der Waals surface area contributed by atoms with E-state index >= 15 is 0 Å². The molecule has 0 aliphatic heterocycles. The highest BCUT2D eigenvalue weighted by Gasteiger charge is 2.21. The van der Waals surface area contributed by atoms with Crippen LogP contribution in [0.25, 0.3) is 0 Å². The molecule has 0 unspecified atom stereocenters. The van der Waals surface area contributed by atoms with Crippen LogP contribution in [0.4, 0.5) is 45.8 Å². The first-order valence-electron chi connectivity index (χ1n) is 16.1. The zero-order valence-electron chi connectivity index (χ0n) is 30.4. The van der Waals surface area contributed by atoms with Gasteiger partial charge in [0, 0.05) is 29.1 Å². The Balaban J connectivity index is 1.57. The van der Waals surface area contributed by atoms with Gasteiger partial charge in [0.05, 0.1) is 35.3 Å². The van der Waals surface area contributed by atoms with Gasteiger partial charge in [0.25, 0.3) is 30.4 Å². The standard InChI is InChI=1S/C35H32N8O11S3/c1-19-14-28(30(53-4)16-27(19)40-41-29-15-20(2)32(57(50,51)52)17-31(29)54-5)42-43-33-21(3)26(18-36)34(37-22-6-10-24(11-7-22)55(44,45)46)39-35(33)38-23-8-12-25(13-9-23)56(47,48)49/h6-17H,1-5H3,(H2,37,38,39)(H,44,45,46)(H,47,48,49)(H,50,51,52). The number of nitrogens with one attached hydrogen (secondary N) is 2. The third-order valence-corrected chi connectivity index (χ3v) is 10.9. The molecule has 22 heteroatoms. The molecule has 0 fully saturated rings. The molecule has 0 atom stereocenters. The monoisotopic (exact) mass is 836 g/mol. The average molecular weight is 837 g/mol. The molecule has 0 saturated carbocycles. The number of rotatable bonds is 13. The van der Waals surface area contributed by atoms with E-state index in [-0.39, 0.29) is 71.6 Å². The molecule has 5 N–H and O–H groups in total. The lowest BCUT2D eigenvalue weighted by atomic mass is 10.1. The predicted molar refractivity (Wildman–Crippen MR) is 206 cm³/mol. The average Bonchev–Trinajstić information content (AvgIpc) is 3.13. The molecule has 57 heavy (non-hydrogen) atoms. The lowest BCUT2D eigenvalue weighted by Gasteiger charge is -2.16. The molecule has 0 radical (unpaired) electrons. The number of aromatic nitrogens is 1. The third kappa shape index (κ3) is 9.73. The van der Waals surface area contributed by atoms with E-state index in [4.69, 9.17) is 9.47 Å². The second-order valence-corrected chi connectivity index (χ2v) is 16.2. The molecule has 296 valence electrons. The maximum atomic E-state index is 11.8. The van der Waals surface area contributed by atoms with Crippen molar-refractivity contribution in [2.45, 2.75) is 35.5 Å². The Morgan fingerprint density at radius 3 is 1.54 bits per heavy atom. The molecular formula is C35H32N8O11S3. The Morgan fingerprint density at radius 2 is 1.07 bits per heavy atom. The summed E-state index contributed by atoms with van der Waals surface area (Å²) < 4.78 is 109. The number of azo groups is 2. The summed E-state index contributed by atoms with van der Waals surface area (Å²) in [4.78, 5) is 3.51. The second kappa shape index (κ2) is 16.4. The van der Waals surface area contributed by atoms with E-state index in [0.29, 0.717) is 22.6 Å². The van der Waals surface area contributed by atoms with Crippen molar-refractivity contribution in [3.05, 3.63) is 95.1 Å². The smallest absolute Gasteiger partial charge is 0.294 e. The number of anilines is 4. The highest BCUT2D eigenvalue weighted by molar-refractivity contribution is 7.86. The topological polar surface area (TPSA) is 292 Å². The van der Waals surface area contributed by atoms with Gasteiger partial charge in [-0.2, -0.15) is 35.6 Å². The van der Waals surface area contributed by atoms with Crippen LogP contribution in [0.5, 0.6) is 11.5 Å². The minimum absolute atomic E-state index is 0.0215. The number of benzene rings is 4. The largest absolute Gasteiger partial charge is 0.494 e. The van der Waals surface area contributed by atoms with Crippen LogP contribution >= 0.6 is 0 Å². The van der Waals surface area contributed by atoms with Crippen LogP contribution in [0.1, 0.15) is 22.3 Å². The van der Waals surface area contributed by atoms with Gasteiger partial charge >= 0.3 is 0 Å². The number of hydrogen-bond acceptors (Lipinski definition) is 16. The number of methoxy groups -OCH3 is 2. The number of ether oxygens (including phenoxy) is 2. The summed E-state index contributed by atoms with van der Waals surface area (Å²) in [7, 11) is -10.8. The van der Waals surface area contributed by atoms with Gasteiger partial charge in [-0.1, -0.05) is 0 Å². The lowest BCUT2D eigenvalue weighted by Crippen LogP contribution is -2.05. The molecule has 0 saturated heterocycles. The van der Waals surface area contributed by atoms with Crippen LogP contribution < -0.4 is 20.1 Å². The maximum absolute atomic E-state index is 11.8. The van der Waals surface area contributed by atoms with Crippen LogP contribution in [0.2, 0.25) is 0 Å². The Kier molecular flexibility index (Phi) is 12.0. The van der Waals surface area contributed by atoms with Gasteiger partial charge in [-0.3, -0.25) is 13.7 Å². The zero-order valence-corrected chi connectivity index (χ0v) is 32.9. The molecule has 4 aromatic carbocycles. The van der Waals surface area contributed by atoms with Crippen LogP contribution in [-0.4, -0.2) is 58.1 Å². The van der Waals surface area contributed by atoms with E-state index in [1.54, 1.807) is 19.9 Å². The lowest BCUT2D eigenvalue weighted by molar-refractivity contribution is 0.413. The molecule has 5 aromatic rings. The second-order valence-electron chi connectivity index (χ2n) is 12.0. The molecule has 0 aliphatic carbocycles. The molecule has 0 bridgehead atoms. The van der Waals surface area contributed by atoms with Crippen molar-refractivity contribution in [1.29, 1.82) is 5.26 Å². The summed E-state index contributed by atoms with van der Waals surface area (Å²) >= 11 is 0. The Morgan fingerprint density at radius 1 is 0.614 bits per heavy atom. The first-order valence-corrected chi connectivity index (χ1v) is 20.4. The zero-order chi connectivity index (χ0) is 41.9. The molecule has 1 aromatic heterocycles. The maximum Gasteiger partial charge on any atom is 0.294 e. The highest BCUT2D eigenvalue weighted by Crippen LogP contribution is 2.41. The van der Waals surface area contributed by atoms with Gasteiger partial charge in [-0.25, -0.2) is 4.98 Å². The van der Waals surface area contributed by atoms with Crippen LogP contribution in [0.3, 0.4) is 0 Å². The van der Waals surface area contributed by atoms with Crippen molar-refractivity contribution in [3.8, 4) is 17.6 Å². The molecule has 0 aliphatic rings. The predicted octanol–water partition coefficient (Wildman–Crippen LogP) is 7.95. The van der Waals surface area contributed by atoms with Crippen molar-refractivity contribution in [2.24, 2.45) is 20.5 Å². The minimum atomic E-state index is -4.52. The summed E-state index contributed by atoms with van der Waals surface area (Å²) in [6.07, 6.45) is 0. The number of nitriles is 1. The Hall–Kier alpha value is -6.35. The van der Waals surface area contributed by atoms with E-state index in [0.717, 1.165) is 30.3 Å². The van der Waals surface area contributed by atoms with Crippen molar-refractivity contribution < 1.29 is 48.4 Å². The van der Waals surface area contributed by atoms with Crippen molar-refractivity contribution in [3.63, 3.8) is 0 Å². The van der Waals surface area contributed by atoms with Crippen molar-refractivity contribution in [2.75, 3.05) is 24.9 Å². The van der Waals surface area contributed by atoms with Crippen molar-refractivity contribution >= 4 is 76.1 Å². The Bertz CT molecular complexity index is 2830. The summed E-state index contributed by atoms with van der Waals surface area (Å²) in [5.74, 6) is 0.310. The van der Waals surface area contributed by atoms with E-state index in [9.17, 15) is 44.2 Å².